The van der Waals surface area contributed by atoms with Crippen LogP contribution in [0.5, 0.6) is 11.5 Å². The molecule has 20 heavy (non-hydrogen) atoms. The molecule has 6 heteroatoms. The number of hydrogen-bond acceptors (Lipinski definition) is 5. The van der Waals surface area contributed by atoms with Crippen molar-refractivity contribution in [2.45, 2.75) is 0 Å². The zero-order chi connectivity index (χ0) is 14.7. The molecule has 0 bridgehead atoms. The van der Waals surface area contributed by atoms with Crippen molar-refractivity contribution in [3.8, 4) is 11.5 Å². The lowest BCUT2D eigenvalue weighted by atomic mass is 9.97. The monoisotopic (exact) mass is 272 g/mol. The highest BCUT2D eigenvalue weighted by Crippen LogP contribution is 2.26. The highest BCUT2D eigenvalue weighted by molar-refractivity contribution is 6.16. The standard InChI is InChI=1S/C14H12N2O4/c15-16-14(20)10-4-2-1-3-9(10)13(19)11-6-5-8(17)7-12(11)18/h1-7,17-18H,15H2,(H,16,20). The number of phenolic OH excluding ortho intramolecular Hbond substituents is 2. The van der Waals surface area contributed by atoms with Gasteiger partial charge in [0.1, 0.15) is 11.5 Å². The van der Waals surface area contributed by atoms with E-state index in [9.17, 15) is 19.8 Å². The van der Waals surface area contributed by atoms with E-state index in [0.717, 1.165) is 6.07 Å². The molecule has 0 radical (unpaired) electrons. The highest BCUT2D eigenvalue weighted by atomic mass is 16.3. The van der Waals surface area contributed by atoms with Gasteiger partial charge in [-0.1, -0.05) is 18.2 Å². The molecule has 0 saturated carbocycles. The van der Waals surface area contributed by atoms with Crippen LogP contribution in [0.1, 0.15) is 26.3 Å². The molecule has 0 heterocycles. The van der Waals surface area contributed by atoms with E-state index >= 15 is 0 Å². The van der Waals surface area contributed by atoms with Crippen LogP contribution in [0.25, 0.3) is 0 Å². The lowest BCUT2D eigenvalue weighted by Gasteiger charge is -2.08. The number of ketones is 1. The minimum Gasteiger partial charge on any atom is -0.508 e. The summed E-state index contributed by atoms with van der Waals surface area (Å²) >= 11 is 0. The molecule has 0 aliphatic carbocycles. The van der Waals surface area contributed by atoms with Crippen LogP contribution in [-0.4, -0.2) is 21.9 Å². The number of phenols is 2. The maximum Gasteiger partial charge on any atom is 0.265 e. The van der Waals surface area contributed by atoms with E-state index in [0.29, 0.717) is 0 Å². The summed E-state index contributed by atoms with van der Waals surface area (Å²) in [5.74, 6) is 3.40. The molecule has 0 fully saturated rings. The maximum absolute atomic E-state index is 12.4. The van der Waals surface area contributed by atoms with Crippen LogP contribution in [0.3, 0.4) is 0 Å². The molecule has 102 valence electrons. The second-order valence-electron chi connectivity index (χ2n) is 4.05. The average molecular weight is 272 g/mol. The zero-order valence-corrected chi connectivity index (χ0v) is 10.3. The van der Waals surface area contributed by atoms with Gasteiger partial charge in [-0.15, -0.1) is 0 Å². The normalized spacial score (nSPS) is 10.1. The van der Waals surface area contributed by atoms with Crippen LogP contribution >= 0.6 is 0 Å². The van der Waals surface area contributed by atoms with Crippen molar-refractivity contribution in [1.82, 2.24) is 5.43 Å². The Labute approximate surface area is 114 Å². The molecule has 2 aromatic carbocycles. The predicted octanol–water partition coefficient (Wildman–Crippen LogP) is 0.932. The molecule has 5 N–H and O–H groups in total. The number of nitrogen functional groups attached to an aromatic ring is 1. The van der Waals surface area contributed by atoms with Crippen molar-refractivity contribution in [3.63, 3.8) is 0 Å². The quantitative estimate of drug-likeness (QED) is 0.287. The number of rotatable bonds is 3. The van der Waals surface area contributed by atoms with Gasteiger partial charge in [0.25, 0.3) is 5.91 Å². The third-order valence-corrected chi connectivity index (χ3v) is 2.77. The number of carbonyl (C=O) groups excluding carboxylic acids is 2. The van der Waals surface area contributed by atoms with Crippen molar-refractivity contribution in [2.75, 3.05) is 0 Å². The van der Waals surface area contributed by atoms with Gasteiger partial charge in [0.05, 0.1) is 11.1 Å². The summed E-state index contributed by atoms with van der Waals surface area (Å²) < 4.78 is 0. The predicted molar refractivity (Wildman–Crippen MR) is 71.3 cm³/mol. The second kappa shape index (κ2) is 5.41. The van der Waals surface area contributed by atoms with E-state index in [1.807, 2.05) is 5.43 Å². The van der Waals surface area contributed by atoms with Gasteiger partial charge >= 0.3 is 0 Å². The highest BCUT2D eigenvalue weighted by Gasteiger charge is 2.19. The number of nitrogens with two attached hydrogens (primary N) is 1. The lowest BCUT2D eigenvalue weighted by molar-refractivity contribution is 0.0941. The molecule has 0 unspecified atom stereocenters. The van der Waals surface area contributed by atoms with Gasteiger partial charge in [0.2, 0.25) is 0 Å². The summed E-state index contributed by atoms with van der Waals surface area (Å²) in [4.78, 5) is 24.0. The minimum atomic E-state index is -0.604. The second-order valence-corrected chi connectivity index (χ2v) is 4.05. The number of hydrogen-bond donors (Lipinski definition) is 4. The molecule has 2 rings (SSSR count). The van der Waals surface area contributed by atoms with Crippen molar-refractivity contribution in [2.24, 2.45) is 5.84 Å². The fraction of sp³-hybridized carbons (Fsp3) is 0. The Bertz CT molecular complexity index is 683. The first-order chi connectivity index (χ1) is 9.54. The van der Waals surface area contributed by atoms with Crippen LogP contribution in [0.15, 0.2) is 42.5 Å². The fourth-order valence-electron chi connectivity index (χ4n) is 1.81. The van der Waals surface area contributed by atoms with Gasteiger partial charge in [0.15, 0.2) is 5.78 Å². The molecule has 6 nitrogen and oxygen atoms in total. The Kier molecular flexibility index (Phi) is 3.67. The van der Waals surface area contributed by atoms with Crippen molar-refractivity contribution >= 4 is 11.7 Å². The van der Waals surface area contributed by atoms with E-state index in [-0.39, 0.29) is 28.2 Å². The Balaban J connectivity index is 2.51. The molecule has 2 aromatic rings. The van der Waals surface area contributed by atoms with Gasteiger partial charge < -0.3 is 10.2 Å². The van der Waals surface area contributed by atoms with Crippen molar-refractivity contribution in [1.29, 1.82) is 0 Å². The molecule has 0 aromatic heterocycles. The first kappa shape index (κ1) is 13.6. The van der Waals surface area contributed by atoms with Crippen LogP contribution in [0.2, 0.25) is 0 Å². The molecule has 0 saturated heterocycles. The van der Waals surface area contributed by atoms with Gasteiger partial charge in [-0.3, -0.25) is 15.0 Å². The van der Waals surface area contributed by atoms with E-state index in [2.05, 4.69) is 0 Å². The van der Waals surface area contributed by atoms with Crippen LogP contribution < -0.4 is 11.3 Å². The van der Waals surface area contributed by atoms with Gasteiger partial charge in [-0.05, 0) is 18.2 Å². The Morgan fingerprint density at radius 3 is 2.20 bits per heavy atom. The summed E-state index contributed by atoms with van der Waals surface area (Å²) in [6.07, 6.45) is 0. The number of amides is 1. The molecule has 0 spiro atoms. The smallest absolute Gasteiger partial charge is 0.265 e. The number of hydrazine groups is 1. The first-order valence-corrected chi connectivity index (χ1v) is 5.71. The fourth-order valence-corrected chi connectivity index (χ4v) is 1.81. The lowest BCUT2D eigenvalue weighted by Crippen LogP contribution is -2.31. The zero-order valence-electron chi connectivity index (χ0n) is 10.3. The Morgan fingerprint density at radius 1 is 0.950 bits per heavy atom. The Morgan fingerprint density at radius 2 is 1.60 bits per heavy atom. The largest absolute Gasteiger partial charge is 0.508 e. The van der Waals surface area contributed by atoms with E-state index in [1.165, 1.54) is 24.3 Å². The third-order valence-electron chi connectivity index (χ3n) is 2.77. The number of carbonyl (C=O) groups is 2. The molecule has 0 aliphatic heterocycles. The molecule has 0 aliphatic rings. The van der Waals surface area contributed by atoms with Gasteiger partial charge in [-0.25, -0.2) is 5.84 Å². The van der Waals surface area contributed by atoms with E-state index in [1.54, 1.807) is 12.1 Å². The van der Waals surface area contributed by atoms with Crippen LogP contribution in [-0.2, 0) is 0 Å². The van der Waals surface area contributed by atoms with E-state index < -0.39 is 11.7 Å². The summed E-state index contributed by atoms with van der Waals surface area (Å²) in [5, 5.41) is 18.9. The molecule has 0 atom stereocenters. The molecule has 1 amide bonds. The number of aromatic hydroxyl groups is 2. The summed E-state index contributed by atoms with van der Waals surface area (Å²) in [6, 6.07) is 9.71. The van der Waals surface area contributed by atoms with Crippen molar-refractivity contribution < 1.29 is 19.8 Å². The van der Waals surface area contributed by atoms with Crippen molar-refractivity contribution in [3.05, 3.63) is 59.2 Å². The number of nitrogens with one attached hydrogen (secondary N) is 1. The summed E-state index contributed by atoms with van der Waals surface area (Å²) in [6.45, 7) is 0. The first-order valence-electron chi connectivity index (χ1n) is 5.71. The topological polar surface area (TPSA) is 113 Å². The van der Waals surface area contributed by atoms with Crippen LogP contribution in [0.4, 0.5) is 0 Å². The van der Waals surface area contributed by atoms with Gasteiger partial charge in [-0.2, -0.15) is 0 Å². The van der Waals surface area contributed by atoms with Gasteiger partial charge in [0, 0.05) is 11.6 Å². The van der Waals surface area contributed by atoms with Crippen LogP contribution in [0, 0.1) is 0 Å². The van der Waals surface area contributed by atoms with E-state index in [4.69, 9.17) is 5.84 Å². The average Bonchev–Trinajstić information content (AvgIpc) is 2.46. The molecular weight excluding hydrogens is 260 g/mol. The maximum atomic E-state index is 12.4. The minimum absolute atomic E-state index is 0.0138. The SMILES string of the molecule is NNC(=O)c1ccccc1C(=O)c1ccc(O)cc1O. The molecular formula is C14H12N2O4. The Hall–Kier alpha value is -2.86. The summed E-state index contributed by atoms with van der Waals surface area (Å²) in [5.41, 5.74) is 2.16. The summed E-state index contributed by atoms with van der Waals surface area (Å²) in [7, 11) is 0. The number of benzene rings is 2. The third kappa shape index (κ3) is 2.45.